The Kier molecular flexibility index (Phi) is 7.36. The molecule has 0 saturated carbocycles. The number of hydrogen-bond donors (Lipinski definition) is 2. The third-order valence-corrected chi connectivity index (χ3v) is 3.98. The van der Waals surface area contributed by atoms with Gasteiger partial charge in [0.15, 0.2) is 5.11 Å². The molecule has 0 bridgehead atoms. The first-order chi connectivity index (χ1) is 12.3. The second kappa shape index (κ2) is 9.50. The number of rotatable bonds is 6. The monoisotopic (exact) mass is 394 g/mol. The molecule has 7 heteroatoms. The number of thiocarbonyl (C=S) groups is 1. The van der Waals surface area contributed by atoms with E-state index in [0.29, 0.717) is 29.5 Å². The molecule has 0 aliphatic rings. The van der Waals surface area contributed by atoms with Gasteiger partial charge in [0.2, 0.25) is 0 Å². The fourth-order valence-corrected chi connectivity index (χ4v) is 2.42. The van der Waals surface area contributed by atoms with E-state index in [-0.39, 0.29) is 16.0 Å². The molecule has 0 atom stereocenters. The fraction of sp³-hybridized carbons (Fsp3) is 0.263. The summed E-state index contributed by atoms with van der Waals surface area (Å²) >= 11 is 10.8. The molecule has 4 nitrogen and oxygen atoms in total. The fourth-order valence-electron chi connectivity index (χ4n) is 2.03. The summed E-state index contributed by atoms with van der Waals surface area (Å²) in [4.78, 5) is 12.2. The summed E-state index contributed by atoms with van der Waals surface area (Å²) in [5, 5.41) is 5.41. The van der Waals surface area contributed by atoms with E-state index in [4.69, 9.17) is 28.6 Å². The second-order valence-electron chi connectivity index (χ2n) is 6.09. The van der Waals surface area contributed by atoms with E-state index >= 15 is 0 Å². The Balaban J connectivity index is 1.88. The quantitative estimate of drug-likeness (QED) is 0.674. The van der Waals surface area contributed by atoms with Crippen molar-refractivity contribution in [2.75, 3.05) is 11.9 Å². The number of benzene rings is 2. The van der Waals surface area contributed by atoms with Gasteiger partial charge < -0.3 is 10.1 Å². The number of ether oxygens (including phenoxy) is 1. The topological polar surface area (TPSA) is 50.4 Å². The van der Waals surface area contributed by atoms with Crippen LogP contribution in [-0.4, -0.2) is 17.6 Å². The van der Waals surface area contributed by atoms with Crippen molar-refractivity contribution in [2.24, 2.45) is 5.92 Å². The number of nitrogens with one attached hydrogen (secondary N) is 2. The van der Waals surface area contributed by atoms with E-state index in [9.17, 15) is 9.18 Å². The summed E-state index contributed by atoms with van der Waals surface area (Å²) in [6, 6.07) is 10.9. The van der Waals surface area contributed by atoms with Gasteiger partial charge >= 0.3 is 0 Å². The predicted octanol–water partition coefficient (Wildman–Crippen LogP) is 5.03. The van der Waals surface area contributed by atoms with Crippen LogP contribution in [0.15, 0.2) is 42.5 Å². The molecule has 0 spiro atoms. The van der Waals surface area contributed by atoms with E-state index in [1.165, 1.54) is 18.2 Å². The maximum Gasteiger partial charge on any atom is 0.257 e. The molecule has 0 radical (unpaired) electrons. The van der Waals surface area contributed by atoms with Crippen LogP contribution in [0.1, 0.15) is 30.6 Å². The number of halogens is 2. The van der Waals surface area contributed by atoms with E-state index in [1.807, 2.05) is 0 Å². The average Bonchev–Trinajstić information content (AvgIpc) is 2.58. The molecule has 0 aliphatic heterocycles. The molecule has 2 aromatic rings. The summed E-state index contributed by atoms with van der Waals surface area (Å²) in [7, 11) is 0. The highest BCUT2D eigenvalue weighted by molar-refractivity contribution is 7.80. The molecular weight excluding hydrogens is 375 g/mol. The minimum absolute atomic E-state index is 0.0304. The lowest BCUT2D eigenvalue weighted by molar-refractivity contribution is 0.0977. The lowest BCUT2D eigenvalue weighted by atomic mass is 10.1. The maximum absolute atomic E-state index is 13.1. The third kappa shape index (κ3) is 6.28. The predicted molar refractivity (Wildman–Crippen MR) is 106 cm³/mol. The van der Waals surface area contributed by atoms with Crippen LogP contribution >= 0.6 is 23.8 Å². The number of carbonyl (C=O) groups excluding carboxylic acids is 1. The van der Waals surface area contributed by atoms with Crippen molar-refractivity contribution in [3.63, 3.8) is 0 Å². The first-order valence-corrected chi connectivity index (χ1v) is 8.94. The van der Waals surface area contributed by atoms with E-state index in [1.54, 1.807) is 24.3 Å². The Morgan fingerprint density at radius 3 is 2.54 bits per heavy atom. The molecule has 2 rings (SSSR count). The van der Waals surface area contributed by atoms with Gasteiger partial charge in [0.1, 0.15) is 11.6 Å². The summed E-state index contributed by atoms with van der Waals surface area (Å²) < 4.78 is 18.8. The Labute approximate surface area is 162 Å². The first kappa shape index (κ1) is 20.1. The van der Waals surface area contributed by atoms with Crippen LogP contribution in [0.25, 0.3) is 0 Å². The molecule has 2 N–H and O–H groups in total. The Morgan fingerprint density at radius 1 is 1.23 bits per heavy atom. The zero-order valence-corrected chi connectivity index (χ0v) is 16.1. The van der Waals surface area contributed by atoms with Crippen molar-refractivity contribution in [1.29, 1.82) is 0 Å². The molecule has 0 saturated heterocycles. The molecule has 26 heavy (non-hydrogen) atoms. The van der Waals surface area contributed by atoms with Crippen LogP contribution in [0.4, 0.5) is 10.1 Å². The Bertz CT molecular complexity index is 782. The number of carbonyl (C=O) groups is 1. The highest BCUT2D eigenvalue weighted by atomic mass is 35.5. The maximum atomic E-state index is 13.1. The van der Waals surface area contributed by atoms with E-state index in [2.05, 4.69) is 24.5 Å². The van der Waals surface area contributed by atoms with E-state index < -0.39 is 5.82 Å². The highest BCUT2D eigenvalue weighted by Crippen LogP contribution is 2.19. The minimum Gasteiger partial charge on any atom is -0.494 e. The van der Waals surface area contributed by atoms with Crippen LogP contribution in [0.5, 0.6) is 5.75 Å². The standard InChI is InChI=1S/C19H20ClFN2O2S/c1-12(2)9-10-25-15-6-3-13(4-7-15)18(24)23-19(26)22-14-5-8-17(21)16(20)11-14/h3-8,11-12H,9-10H2,1-2H3,(H2,22,23,24,26). The third-order valence-electron chi connectivity index (χ3n) is 3.48. The van der Waals surface area contributed by atoms with E-state index in [0.717, 1.165) is 6.42 Å². The van der Waals surface area contributed by atoms with Gasteiger partial charge in [0.25, 0.3) is 5.91 Å². The van der Waals surface area contributed by atoms with Crippen molar-refractivity contribution in [2.45, 2.75) is 20.3 Å². The van der Waals surface area contributed by atoms with Gasteiger partial charge in [0, 0.05) is 11.3 Å². The normalized spacial score (nSPS) is 10.5. The molecule has 0 heterocycles. The number of amides is 1. The zero-order chi connectivity index (χ0) is 19.1. The van der Waals surface area contributed by atoms with Crippen LogP contribution in [0, 0.1) is 11.7 Å². The number of hydrogen-bond acceptors (Lipinski definition) is 3. The smallest absolute Gasteiger partial charge is 0.257 e. The van der Waals surface area contributed by atoms with Crippen molar-refractivity contribution in [3.05, 3.63) is 58.9 Å². The summed E-state index contributed by atoms with van der Waals surface area (Å²) in [5.74, 6) is 0.403. The molecule has 0 aliphatic carbocycles. The van der Waals surface area contributed by atoms with Gasteiger partial charge in [0.05, 0.1) is 11.6 Å². The van der Waals surface area contributed by atoms with Crippen molar-refractivity contribution < 1.29 is 13.9 Å². The van der Waals surface area contributed by atoms with Gasteiger partial charge in [-0.15, -0.1) is 0 Å². The SMILES string of the molecule is CC(C)CCOc1ccc(C(=O)NC(=S)Nc2ccc(F)c(Cl)c2)cc1. The van der Waals surface area contributed by atoms with Crippen molar-refractivity contribution in [3.8, 4) is 5.75 Å². The average molecular weight is 395 g/mol. The van der Waals surface area contributed by atoms with Crippen molar-refractivity contribution >= 4 is 40.5 Å². The molecule has 138 valence electrons. The Hall–Kier alpha value is -2.18. The number of anilines is 1. The zero-order valence-electron chi connectivity index (χ0n) is 14.5. The molecule has 0 unspecified atom stereocenters. The lowest BCUT2D eigenvalue weighted by Crippen LogP contribution is -2.34. The Morgan fingerprint density at radius 2 is 1.92 bits per heavy atom. The summed E-state index contributed by atoms with van der Waals surface area (Å²) in [6.45, 7) is 4.90. The molecular formula is C19H20ClFN2O2S. The van der Waals surface area contributed by atoms with Crippen LogP contribution in [-0.2, 0) is 0 Å². The largest absolute Gasteiger partial charge is 0.494 e. The lowest BCUT2D eigenvalue weighted by Gasteiger charge is -2.11. The van der Waals surface area contributed by atoms with Gasteiger partial charge in [-0.2, -0.15) is 0 Å². The molecule has 0 fully saturated rings. The van der Waals surface area contributed by atoms with Gasteiger partial charge in [-0.25, -0.2) is 4.39 Å². The minimum atomic E-state index is -0.525. The molecule has 1 amide bonds. The van der Waals surface area contributed by atoms with Gasteiger partial charge in [-0.3, -0.25) is 10.1 Å². The summed E-state index contributed by atoms with van der Waals surface area (Å²) in [5.41, 5.74) is 0.929. The second-order valence-corrected chi connectivity index (χ2v) is 6.91. The molecule has 0 aromatic heterocycles. The van der Waals surface area contributed by atoms with Crippen LogP contribution in [0.2, 0.25) is 5.02 Å². The van der Waals surface area contributed by atoms with Crippen molar-refractivity contribution in [1.82, 2.24) is 5.32 Å². The van der Waals surface area contributed by atoms with Gasteiger partial charge in [-0.05, 0) is 67.0 Å². The summed E-state index contributed by atoms with van der Waals surface area (Å²) in [6.07, 6.45) is 0.968. The highest BCUT2D eigenvalue weighted by Gasteiger charge is 2.09. The molecule has 2 aromatic carbocycles. The van der Waals surface area contributed by atoms with Gasteiger partial charge in [-0.1, -0.05) is 25.4 Å². The van der Waals surface area contributed by atoms with Crippen LogP contribution in [0.3, 0.4) is 0 Å². The first-order valence-electron chi connectivity index (χ1n) is 8.15. The van der Waals surface area contributed by atoms with Crippen LogP contribution < -0.4 is 15.4 Å².